The molecule has 2 rings (SSSR count). The molecule has 4 N–H and O–H groups in total. The number of alkyl halides is 3. The van der Waals surface area contributed by atoms with Gasteiger partial charge in [-0.15, -0.1) is 0 Å². The van der Waals surface area contributed by atoms with Crippen LogP contribution in [-0.4, -0.2) is 15.9 Å². The Balaban J connectivity index is 2.03. The second-order valence-corrected chi connectivity index (χ2v) is 4.32. The number of hydrogen-bond donors (Lipinski definition) is 3. The third kappa shape index (κ3) is 3.92. The maximum Gasteiger partial charge on any atom is 0.416 e. The van der Waals surface area contributed by atoms with E-state index in [4.69, 9.17) is 5.84 Å². The van der Waals surface area contributed by atoms with E-state index in [2.05, 4.69) is 15.3 Å². The van der Waals surface area contributed by atoms with Crippen molar-refractivity contribution in [2.24, 2.45) is 5.84 Å². The summed E-state index contributed by atoms with van der Waals surface area (Å²) < 4.78 is 37.8. The summed E-state index contributed by atoms with van der Waals surface area (Å²) in [7, 11) is 0. The highest BCUT2D eigenvalue weighted by Gasteiger charge is 2.30. The fourth-order valence-corrected chi connectivity index (χ4v) is 1.66. The van der Waals surface area contributed by atoms with E-state index in [9.17, 15) is 18.0 Å². The van der Waals surface area contributed by atoms with Gasteiger partial charge in [-0.25, -0.2) is 15.8 Å². The van der Waals surface area contributed by atoms with E-state index in [1.54, 1.807) is 6.07 Å². The summed E-state index contributed by atoms with van der Waals surface area (Å²) in [6, 6.07) is 4.93. The van der Waals surface area contributed by atoms with Crippen LogP contribution in [0.3, 0.4) is 0 Å². The topological polar surface area (TPSA) is 92.9 Å². The minimum atomic E-state index is -4.39. The molecule has 116 valence electrons. The Labute approximate surface area is 123 Å². The molecular formula is C13H12F3N5O. The normalized spacial score (nSPS) is 11.1. The average Bonchev–Trinajstić information content (AvgIpc) is 2.52. The van der Waals surface area contributed by atoms with Crippen molar-refractivity contribution in [2.45, 2.75) is 12.7 Å². The Kier molecular flexibility index (Phi) is 4.56. The molecule has 0 fully saturated rings. The zero-order chi connectivity index (χ0) is 16.2. The summed E-state index contributed by atoms with van der Waals surface area (Å²) in [5.41, 5.74) is 1.82. The summed E-state index contributed by atoms with van der Waals surface area (Å²) in [6.07, 6.45) is -1.88. The van der Waals surface area contributed by atoms with Crippen molar-refractivity contribution in [3.8, 4) is 0 Å². The monoisotopic (exact) mass is 311 g/mol. The summed E-state index contributed by atoms with van der Waals surface area (Å²) in [5.74, 6) is 4.61. The second kappa shape index (κ2) is 6.39. The van der Waals surface area contributed by atoms with Crippen molar-refractivity contribution in [3.63, 3.8) is 0 Å². The van der Waals surface area contributed by atoms with E-state index in [-0.39, 0.29) is 18.1 Å². The summed E-state index contributed by atoms with van der Waals surface area (Å²) >= 11 is 0. The zero-order valence-electron chi connectivity index (χ0n) is 11.2. The predicted molar refractivity (Wildman–Crippen MR) is 72.5 cm³/mol. The maximum atomic E-state index is 12.6. The molecule has 0 aliphatic carbocycles. The number of carbonyl (C=O) groups is 1. The molecule has 1 heterocycles. The maximum absolute atomic E-state index is 12.6. The van der Waals surface area contributed by atoms with E-state index < -0.39 is 17.6 Å². The summed E-state index contributed by atoms with van der Waals surface area (Å²) in [6.45, 7) is 0.117. The molecule has 0 unspecified atom stereocenters. The highest BCUT2D eigenvalue weighted by Crippen LogP contribution is 2.29. The SMILES string of the molecule is NNC(=O)c1cnc(NCc2cccc(C(F)(F)F)c2)nc1. The van der Waals surface area contributed by atoms with Gasteiger partial charge < -0.3 is 5.32 Å². The highest BCUT2D eigenvalue weighted by atomic mass is 19.4. The van der Waals surface area contributed by atoms with E-state index in [0.717, 1.165) is 12.1 Å². The Bertz CT molecular complexity index is 657. The molecule has 0 bridgehead atoms. The fraction of sp³-hybridized carbons (Fsp3) is 0.154. The number of halogens is 3. The number of aromatic nitrogens is 2. The number of anilines is 1. The van der Waals surface area contributed by atoms with Crippen LogP contribution in [-0.2, 0) is 12.7 Å². The molecule has 9 heteroatoms. The van der Waals surface area contributed by atoms with E-state index in [1.165, 1.54) is 18.5 Å². The van der Waals surface area contributed by atoms with Crippen LogP contribution in [0.2, 0.25) is 0 Å². The van der Waals surface area contributed by atoms with Crippen LogP contribution in [0.4, 0.5) is 19.1 Å². The van der Waals surface area contributed by atoms with Gasteiger partial charge in [0, 0.05) is 18.9 Å². The van der Waals surface area contributed by atoms with Crippen LogP contribution in [0.1, 0.15) is 21.5 Å². The first-order valence-corrected chi connectivity index (χ1v) is 6.13. The lowest BCUT2D eigenvalue weighted by Gasteiger charge is -2.09. The lowest BCUT2D eigenvalue weighted by Crippen LogP contribution is -2.30. The number of nitrogens with two attached hydrogens (primary N) is 1. The van der Waals surface area contributed by atoms with Crippen molar-refractivity contribution in [3.05, 3.63) is 53.3 Å². The predicted octanol–water partition coefficient (Wildman–Crippen LogP) is 1.71. The quantitative estimate of drug-likeness (QED) is 0.454. The van der Waals surface area contributed by atoms with E-state index in [1.807, 2.05) is 5.43 Å². The Hall–Kier alpha value is -2.68. The van der Waals surface area contributed by atoms with Gasteiger partial charge in [0.05, 0.1) is 11.1 Å². The van der Waals surface area contributed by atoms with Crippen LogP contribution < -0.4 is 16.6 Å². The number of carbonyl (C=O) groups excluding carboxylic acids is 1. The molecule has 2 aromatic rings. The van der Waals surface area contributed by atoms with Crippen LogP contribution in [0.15, 0.2) is 36.7 Å². The molecule has 0 spiro atoms. The summed E-state index contributed by atoms with van der Waals surface area (Å²) in [4.78, 5) is 18.9. The van der Waals surface area contributed by atoms with Crippen LogP contribution in [0.25, 0.3) is 0 Å². The van der Waals surface area contributed by atoms with E-state index in [0.29, 0.717) is 5.56 Å². The number of rotatable bonds is 4. The largest absolute Gasteiger partial charge is 0.416 e. The van der Waals surface area contributed by atoms with Crippen LogP contribution in [0.5, 0.6) is 0 Å². The third-order valence-electron chi connectivity index (χ3n) is 2.75. The second-order valence-electron chi connectivity index (χ2n) is 4.32. The number of nitrogens with zero attached hydrogens (tertiary/aromatic N) is 2. The Morgan fingerprint density at radius 1 is 1.23 bits per heavy atom. The number of amides is 1. The number of nitrogen functional groups attached to an aromatic ring is 1. The standard InChI is InChI=1S/C13H12F3N5O/c14-13(15,16)10-3-1-2-8(4-10)5-18-12-19-6-9(7-20-12)11(22)21-17/h1-4,6-7H,5,17H2,(H,21,22)(H,18,19,20). The van der Waals surface area contributed by atoms with Gasteiger partial charge in [-0.3, -0.25) is 10.2 Å². The van der Waals surface area contributed by atoms with Gasteiger partial charge in [0.25, 0.3) is 5.91 Å². The van der Waals surface area contributed by atoms with Crippen molar-refractivity contribution in [2.75, 3.05) is 5.32 Å². The minimum Gasteiger partial charge on any atom is -0.350 e. The van der Waals surface area contributed by atoms with E-state index >= 15 is 0 Å². The number of benzene rings is 1. The van der Waals surface area contributed by atoms with Crippen LogP contribution >= 0.6 is 0 Å². The highest BCUT2D eigenvalue weighted by molar-refractivity contribution is 5.93. The molecule has 6 nitrogen and oxygen atoms in total. The molecule has 1 aromatic heterocycles. The lowest BCUT2D eigenvalue weighted by atomic mass is 10.1. The van der Waals surface area contributed by atoms with Crippen LogP contribution in [0, 0.1) is 0 Å². The van der Waals surface area contributed by atoms with Gasteiger partial charge >= 0.3 is 6.18 Å². The van der Waals surface area contributed by atoms with Crippen molar-refractivity contribution >= 4 is 11.9 Å². The zero-order valence-corrected chi connectivity index (χ0v) is 11.2. The number of hydrazine groups is 1. The first-order chi connectivity index (χ1) is 10.4. The first-order valence-electron chi connectivity index (χ1n) is 6.13. The van der Waals surface area contributed by atoms with Gasteiger partial charge in [0.2, 0.25) is 5.95 Å². The lowest BCUT2D eigenvalue weighted by molar-refractivity contribution is -0.137. The molecule has 0 aliphatic heterocycles. The molecular weight excluding hydrogens is 299 g/mol. The van der Waals surface area contributed by atoms with Crippen molar-refractivity contribution < 1.29 is 18.0 Å². The fourth-order valence-electron chi connectivity index (χ4n) is 1.66. The molecule has 0 saturated carbocycles. The van der Waals surface area contributed by atoms with Gasteiger partial charge in [-0.2, -0.15) is 13.2 Å². The Morgan fingerprint density at radius 3 is 2.50 bits per heavy atom. The van der Waals surface area contributed by atoms with Gasteiger partial charge in [-0.05, 0) is 17.7 Å². The molecule has 22 heavy (non-hydrogen) atoms. The molecule has 0 aliphatic rings. The van der Waals surface area contributed by atoms with Crippen molar-refractivity contribution in [1.29, 1.82) is 0 Å². The summed E-state index contributed by atoms with van der Waals surface area (Å²) in [5, 5.41) is 2.77. The van der Waals surface area contributed by atoms with Crippen molar-refractivity contribution in [1.82, 2.24) is 15.4 Å². The minimum absolute atomic E-state index is 0.117. The smallest absolute Gasteiger partial charge is 0.350 e. The molecule has 1 aromatic carbocycles. The molecule has 0 saturated heterocycles. The first kappa shape index (κ1) is 15.7. The number of hydrogen-bond acceptors (Lipinski definition) is 5. The molecule has 0 radical (unpaired) electrons. The third-order valence-corrected chi connectivity index (χ3v) is 2.75. The number of nitrogens with one attached hydrogen (secondary N) is 2. The van der Waals surface area contributed by atoms with Gasteiger partial charge in [-0.1, -0.05) is 12.1 Å². The van der Waals surface area contributed by atoms with Gasteiger partial charge in [0.1, 0.15) is 0 Å². The van der Waals surface area contributed by atoms with Gasteiger partial charge in [0.15, 0.2) is 0 Å². The Morgan fingerprint density at radius 2 is 1.91 bits per heavy atom. The molecule has 0 atom stereocenters. The average molecular weight is 311 g/mol. The molecule has 1 amide bonds.